The first-order valence-corrected chi connectivity index (χ1v) is 8.43. The number of nitrogens with one attached hydrogen (secondary N) is 1. The smallest absolute Gasteiger partial charge is 0.224 e. The minimum absolute atomic E-state index is 0.0635. The van der Waals surface area contributed by atoms with Gasteiger partial charge in [-0.15, -0.1) is 0 Å². The average molecular weight is 304 g/mol. The number of amides is 1. The van der Waals surface area contributed by atoms with Crippen molar-refractivity contribution in [3.05, 3.63) is 35.9 Å². The number of rotatable bonds is 7. The number of β-amino-alcohol motifs (C(OH)–C–C–N with tert-alkyl or cyclic N) is 1. The monoisotopic (exact) mass is 304 g/mol. The molecule has 4 heteroatoms. The Bertz CT molecular complexity index is 450. The van der Waals surface area contributed by atoms with E-state index in [1.807, 2.05) is 30.3 Å². The highest BCUT2D eigenvalue weighted by Crippen LogP contribution is 2.20. The van der Waals surface area contributed by atoms with Gasteiger partial charge in [0, 0.05) is 19.6 Å². The Morgan fingerprint density at radius 1 is 1.41 bits per heavy atom. The molecule has 1 aliphatic rings. The molecule has 1 aliphatic heterocycles. The predicted octanol–water partition coefficient (Wildman–Crippen LogP) is 2.35. The highest BCUT2D eigenvalue weighted by Gasteiger charge is 2.26. The standard InChI is InChI=1S/C18H28N2O2/c1-2-3-11-19-18(22)16-10-7-12-20(13-16)14-17(21)15-8-5-4-6-9-15/h4-6,8-9,16-17,21H,2-3,7,10-14H2,1H3,(H,19,22). The minimum atomic E-state index is -0.483. The van der Waals surface area contributed by atoms with Gasteiger partial charge in [0.2, 0.25) is 5.91 Å². The van der Waals surface area contributed by atoms with Crippen LogP contribution in [0.15, 0.2) is 30.3 Å². The van der Waals surface area contributed by atoms with E-state index >= 15 is 0 Å². The van der Waals surface area contributed by atoms with E-state index in [-0.39, 0.29) is 11.8 Å². The van der Waals surface area contributed by atoms with Crippen molar-refractivity contribution in [2.45, 2.75) is 38.7 Å². The molecule has 1 heterocycles. The summed E-state index contributed by atoms with van der Waals surface area (Å²) in [6, 6.07) is 9.73. The maximum Gasteiger partial charge on any atom is 0.224 e. The lowest BCUT2D eigenvalue weighted by Gasteiger charge is -2.33. The number of carbonyl (C=O) groups excluding carboxylic acids is 1. The van der Waals surface area contributed by atoms with Gasteiger partial charge in [-0.3, -0.25) is 9.69 Å². The van der Waals surface area contributed by atoms with Gasteiger partial charge in [0.25, 0.3) is 0 Å². The number of nitrogens with zero attached hydrogens (tertiary/aromatic N) is 1. The number of aliphatic hydroxyl groups is 1. The maximum atomic E-state index is 12.2. The minimum Gasteiger partial charge on any atom is -0.387 e. The van der Waals surface area contributed by atoms with Gasteiger partial charge in [-0.1, -0.05) is 43.7 Å². The summed E-state index contributed by atoms with van der Waals surface area (Å²) in [5, 5.41) is 13.4. The van der Waals surface area contributed by atoms with Gasteiger partial charge in [-0.05, 0) is 31.4 Å². The molecule has 1 aromatic carbocycles. The second kappa shape index (κ2) is 8.91. The summed E-state index contributed by atoms with van der Waals surface area (Å²) in [7, 11) is 0. The van der Waals surface area contributed by atoms with Gasteiger partial charge in [0.1, 0.15) is 0 Å². The van der Waals surface area contributed by atoms with Gasteiger partial charge >= 0.3 is 0 Å². The van der Waals surface area contributed by atoms with E-state index in [2.05, 4.69) is 17.1 Å². The van der Waals surface area contributed by atoms with Crippen LogP contribution in [0.1, 0.15) is 44.3 Å². The van der Waals surface area contributed by atoms with Crippen LogP contribution in [-0.4, -0.2) is 42.1 Å². The molecule has 2 N–H and O–H groups in total. The van der Waals surface area contributed by atoms with Crippen molar-refractivity contribution >= 4 is 5.91 Å². The summed E-state index contributed by atoms with van der Waals surface area (Å²) in [4.78, 5) is 14.4. The van der Waals surface area contributed by atoms with Crippen molar-refractivity contribution in [3.63, 3.8) is 0 Å². The second-order valence-electron chi connectivity index (χ2n) is 6.17. The van der Waals surface area contributed by atoms with Crippen LogP contribution in [0, 0.1) is 5.92 Å². The first-order chi connectivity index (χ1) is 10.7. The number of piperidine rings is 1. The Labute approximate surface area is 133 Å². The molecule has 4 nitrogen and oxygen atoms in total. The van der Waals surface area contributed by atoms with Gasteiger partial charge < -0.3 is 10.4 Å². The second-order valence-corrected chi connectivity index (χ2v) is 6.17. The Morgan fingerprint density at radius 2 is 2.18 bits per heavy atom. The predicted molar refractivity (Wildman–Crippen MR) is 88.5 cm³/mol. The number of unbranched alkanes of at least 4 members (excludes halogenated alkanes) is 1. The Balaban J connectivity index is 1.81. The van der Waals surface area contributed by atoms with Gasteiger partial charge in [0.15, 0.2) is 0 Å². The quantitative estimate of drug-likeness (QED) is 0.760. The topological polar surface area (TPSA) is 52.6 Å². The largest absolute Gasteiger partial charge is 0.387 e. The molecule has 2 rings (SSSR count). The molecule has 2 atom stereocenters. The normalized spacial score (nSPS) is 20.5. The fourth-order valence-electron chi connectivity index (χ4n) is 2.99. The molecule has 0 radical (unpaired) electrons. The van der Waals surface area contributed by atoms with E-state index in [1.165, 1.54) is 0 Å². The van der Waals surface area contributed by atoms with Crippen LogP contribution in [0.25, 0.3) is 0 Å². The van der Waals surface area contributed by atoms with Crippen LogP contribution < -0.4 is 5.32 Å². The van der Waals surface area contributed by atoms with Crippen molar-refractivity contribution in [2.24, 2.45) is 5.92 Å². The number of likely N-dealkylation sites (tertiary alicyclic amines) is 1. The highest BCUT2D eigenvalue weighted by atomic mass is 16.3. The summed E-state index contributed by atoms with van der Waals surface area (Å²) >= 11 is 0. The van der Waals surface area contributed by atoms with Crippen LogP contribution >= 0.6 is 0 Å². The van der Waals surface area contributed by atoms with Crippen molar-refractivity contribution in [1.82, 2.24) is 10.2 Å². The molecule has 0 aromatic heterocycles. The first-order valence-electron chi connectivity index (χ1n) is 8.43. The SMILES string of the molecule is CCCCNC(=O)C1CCCN(CC(O)c2ccccc2)C1. The van der Waals surface area contributed by atoms with E-state index < -0.39 is 6.10 Å². The molecule has 2 unspecified atom stereocenters. The summed E-state index contributed by atoms with van der Waals surface area (Å²) in [6.45, 7) is 5.21. The summed E-state index contributed by atoms with van der Waals surface area (Å²) < 4.78 is 0. The molecule has 0 spiro atoms. The number of hydrogen-bond acceptors (Lipinski definition) is 3. The zero-order valence-electron chi connectivity index (χ0n) is 13.5. The number of carbonyl (C=O) groups is 1. The molecule has 1 amide bonds. The van der Waals surface area contributed by atoms with E-state index in [9.17, 15) is 9.90 Å². The maximum absolute atomic E-state index is 12.2. The number of benzene rings is 1. The zero-order valence-corrected chi connectivity index (χ0v) is 13.5. The molecule has 1 saturated heterocycles. The third-order valence-corrected chi connectivity index (χ3v) is 4.32. The Kier molecular flexibility index (Phi) is 6.87. The van der Waals surface area contributed by atoms with Crippen LogP contribution in [-0.2, 0) is 4.79 Å². The molecule has 122 valence electrons. The highest BCUT2D eigenvalue weighted by molar-refractivity contribution is 5.78. The third kappa shape index (κ3) is 5.11. The number of hydrogen-bond donors (Lipinski definition) is 2. The van der Waals surface area contributed by atoms with Gasteiger partial charge in [-0.25, -0.2) is 0 Å². The summed E-state index contributed by atoms with van der Waals surface area (Å²) in [5.74, 6) is 0.237. The lowest BCUT2D eigenvalue weighted by Crippen LogP contribution is -2.44. The van der Waals surface area contributed by atoms with E-state index in [0.717, 1.165) is 50.9 Å². The van der Waals surface area contributed by atoms with Crippen LogP contribution in [0.5, 0.6) is 0 Å². The molecule has 22 heavy (non-hydrogen) atoms. The molecule has 1 fully saturated rings. The van der Waals surface area contributed by atoms with Crippen molar-refractivity contribution in [3.8, 4) is 0 Å². The van der Waals surface area contributed by atoms with E-state index in [1.54, 1.807) is 0 Å². The molecule has 0 aliphatic carbocycles. The molecule has 0 bridgehead atoms. The van der Waals surface area contributed by atoms with Crippen LogP contribution in [0.3, 0.4) is 0 Å². The van der Waals surface area contributed by atoms with Crippen molar-refractivity contribution < 1.29 is 9.90 Å². The number of aliphatic hydroxyl groups excluding tert-OH is 1. The van der Waals surface area contributed by atoms with Crippen LogP contribution in [0.4, 0.5) is 0 Å². The lowest BCUT2D eigenvalue weighted by atomic mass is 9.96. The lowest BCUT2D eigenvalue weighted by molar-refractivity contribution is -0.126. The Morgan fingerprint density at radius 3 is 2.91 bits per heavy atom. The zero-order chi connectivity index (χ0) is 15.8. The fourth-order valence-corrected chi connectivity index (χ4v) is 2.99. The fraction of sp³-hybridized carbons (Fsp3) is 0.611. The Hall–Kier alpha value is -1.39. The van der Waals surface area contributed by atoms with Crippen LogP contribution in [0.2, 0.25) is 0 Å². The van der Waals surface area contributed by atoms with Gasteiger partial charge in [0.05, 0.1) is 12.0 Å². The average Bonchev–Trinajstić information content (AvgIpc) is 2.56. The first kappa shape index (κ1) is 17.0. The van der Waals surface area contributed by atoms with E-state index in [4.69, 9.17) is 0 Å². The van der Waals surface area contributed by atoms with Gasteiger partial charge in [-0.2, -0.15) is 0 Å². The third-order valence-electron chi connectivity index (χ3n) is 4.32. The summed E-state index contributed by atoms with van der Waals surface area (Å²) in [6.07, 6.45) is 3.63. The molecule has 0 saturated carbocycles. The molecular weight excluding hydrogens is 276 g/mol. The summed E-state index contributed by atoms with van der Waals surface area (Å²) in [5.41, 5.74) is 0.942. The van der Waals surface area contributed by atoms with E-state index in [0.29, 0.717) is 6.54 Å². The van der Waals surface area contributed by atoms with Crippen molar-refractivity contribution in [1.29, 1.82) is 0 Å². The molecular formula is C18H28N2O2. The van der Waals surface area contributed by atoms with Crippen molar-refractivity contribution in [2.75, 3.05) is 26.2 Å². The molecule has 1 aromatic rings.